The van der Waals surface area contributed by atoms with Crippen molar-refractivity contribution in [2.45, 2.75) is 39.2 Å². The van der Waals surface area contributed by atoms with Gasteiger partial charge in [-0.2, -0.15) is 0 Å². The number of amides is 1. The van der Waals surface area contributed by atoms with Crippen LogP contribution in [0.2, 0.25) is 0 Å². The molecular formula is C16H18N4O3. The van der Waals surface area contributed by atoms with Crippen molar-refractivity contribution in [3.05, 3.63) is 40.7 Å². The molecule has 0 atom stereocenters. The maximum Gasteiger partial charge on any atom is 0.358 e. The lowest BCUT2D eigenvalue weighted by atomic mass is 10.1. The number of benzene rings is 1. The average Bonchev–Trinajstić information content (AvgIpc) is 3.18. The first kappa shape index (κ1) is 15.2. The minimum atomic E-state index is -1.10. The molecule has 1 aliphatic carbocycles. The number of aromatic nitrogens is 3. The number of hydrogen-bond acceptors (Lipinski definition) is 4. The van der Waals surface area contributed by atoms with Crippen LogP contribution < -0.4 is 5.32 Å². The molecule has 7 heteroatoms. The van der Waals surface area contributed by atoms with Crippen molar-refractivity contribution >= 4 is 17.6 Å². The van der Waals surface area contributed by atoms with E-state index in [-0.39, 0.29) is 24.1 Å². The van der Waals surface area contributed by atoms with E-state index in [9.17, 15) is 9.59 Å². The van der Waals surface area contributed by atoms with Crippen LogP contribution in [-0.4, -0.2) is 32.0 Å². The highest BCUT2D eigenvalue weighted by Crippen LogP contribution is 2.41. The van der Waals surface area contributed by atoms with E-state index in [1.807, 2.05) is 32.0 Å². The Labute approximate surface area is 133 Å². The Morgan fingerprint density at radius 3 is 2.48 bits per heavy atom. The van der Waals surface area contributed by atoms with E-state index < -0.39 is 5.97 Å². The Balaban J connectivity index is 1.76. The van der Waals surface area contributed by atoms with Crippen molar-refractivity contribution in [3.63, 3.8) is 0 Å². The van der Waals surface area contributed by atoms with Crippen LogP contribution in [0.3, 0.4) is 0 Å². The van der Waals surface area contributed by atoms with E-state index in [2.05, 4.69) is 15.6 Å². The van der Waals surface area contributed by atoms with E-state index in [1.54, 1.807) is 0 Å². The second-order valence-corrected chi connectivity index (χ2v) is 5.98. The summed E-state index contributed by atoms with van der Waals surface area (Å²) < 4.78 is 1.40. The van der Waals surface area contributed by atoms with Crippen LogP contribution in [0, 0.1) is 13.8 Å². The van der Waals surface area contributed by atoms with Crippen LogP contribution in [0.5, 0.6) is 0 Å². The molecule has 1 heterocycles. The van der Waals surface area contributed by atoms with Gasteiger partial charge in [-0.25, -0.2) is 9.48 Å². The lowest BCUT2D eigenvalue weighted by Crippen LogP contribution is -2.21. The zero-order valence-electron chi connectivity index (χ0n) is 13.0. The van der Waals surface area contributed by atoms with Gasteiger partial charge >= 0.3 is 5.97 Å². The minimum absolute atomic E-state index is 0.0426. The van der Waals surface area contributed by atoms with Crippen LogP contribution in [0.15, 0.2) is 18.2 Å². The molecule has 0 radical (unpaired) electrons. The predicted octanol–water partition coefficient (Wildman–Crippen LogP) is 2.11. The quantitative estimate of drug-likeness (QED) is 0.881. The van der Waals surface area contributed by atoms with Crippen molar-refractivity contribution in [2.24, 2.45) is 0 Å². The van der Waals surface area contributed by atoms with Gasteiger partial charge in [0.1, 0.15) is 6.54 Å². The van der Waals surface area contributed by atoms with Gasteiger partial charge in [-0.15, -0.1) is 5.10 Å². The van der Waals surface area contributed by atoms with Gasteiger partial charge in [-0.3, -0.25) is 4.79 Å². The van der Waals surface area contributed by atoms with Crippen molar-refractivity contribution in [3.8, 4) is 0 Å². The summed E-state index contributed by atoms with van der Waals surface area (Å²) in [6.45, 7) is 3.88. The molecule has 120 valence electrons. The number of carboxylic acids is 1. The third-order valence-electron chi connectivity index (χ3n) is 3.74. The number of aromatic carboxylic acids is 1. The Bertz CT molecular complexity index is 757. The van der Waals surface area contributed by atoms with E-state index >= 15 is 0 Å². The number of nitrogens with zero attached hydrogens (tertiary/aromatic N) is 3. The summed E-state index contributed by atoms with van der Waals surface area (Å²) in [5, 5.41) is 19.5. The lowest BCUT2D eigenvalue weighted by molar-refractivity contribution is -0.117. The zero-order valence-corrected chi connectivity index (χ0v) is 13.0. The van der Waals surface area contributed by atoms with Gasteiger partial charge in [0.05, 0.1) is 5.69 Å². The molecule has 0 bridgehead atoms. The van der Waals surface area contributed by atoms with Crippen LogP contribution >= 0.6 is 0 Å². The highest BCUT2D eigenvalue weighted by molar-refractivity contribution is 5.91. The Hall–Kier alpha value is -2.70. The lowest BCUT2D eigenvalue weighted by Gasteiger charge is -2.09. The number of carboxylic acid groups (broad SMARTS) is 1. The fourth-order valence-corrected chi connectivity index (χ4v) is 2.73. The summed E-state index contributed by atoms with van der Waals surface area (Å²) >= 11 is 0. The number of hydrogen-bond donors (Lipinski definition) is 2. The molecule has 0 saturated heterocycles. The fraction of sp³-hybridized carbons (Fsp3) is 0.375. The van der Waals surface area contributed by atoms with Crippen molar-refractivity contribution in [1.82, 2.24) is 15.0 Å². The van der Waals surface area contributed by atoms with E-state index in [1.165, 1.54) is 4.68 Å². The minimum Gasteiger partial charge on any atom is -0.476 e. The summed E-state index contributed by atoms with van der Waals surface area (Å²) in [4.78, 5) is 23.4. The number of nitrogens with one attached hydrogen (secondary N) is 1. The number of anilines is 1. The van der Waals surface area contributed by atoms with Crippen LogP contribution in [0.1, 0.15) is 46.1 Å². The van der Waals surface area contributed by atoms with Crippen molar-refractivity contribution in [1.29, 1.82) is 0 Å². The smallest absolute Gasteiger partial charge is 0.358 e. The molecule has 1 aromatic carbocycles. The maximum atomic E-state index is 12.2. The fourth-order valence-electron chi connectivity index (χ4n) is 2.73. The van der Waals surface area contributed by atoms with Crippen LogP contribution in [0.25, 0.3) is 0 Å². The molecule has 1 aliphatic rings. The van der Waals surface area contributed by atoms with Crippen molar-refractivity contribution in [2.75, 3.05) is 5.32 Å². The monoisotopic (exact) mass is 314 g/mol. The standard InChI is InChI=1S/C16H18N4O3/c1-9-5-10(2)7-12(6-9)17-13(21)8-20-15(11-3-4-11)14(16(22)23)18-19-20/h5-7,11H,3-4,8H2,1-2H3,(H,17,21)(H,22,23). The maximum absolute atomic E-state index is 12.2. The third-order valence-corrected chi connectivity index (χ3v) is 3.74. The highest BCUT2D eigenvalue weighted by atomic mass is 16.4. The second kappa shape index (κ2) is 5.83. The molecule has 0 spiro atoms. The summed E-state index contributed by atoms with van der Waals surface area (Å²) in [7, 11) is 0. The third kappa shape index (κ3) is 3.39. The average molecular weight is 314 g/mol. The first-order valence-corrected chi connectivity index (χ1v) is 7.49. The molecule has 2 N–H and O–H groups in total. The van der Waals surface area contributed by atoms with Gasteiger partial charge in [-0.05, 0) is 49.9 Å². The van der Waals surface area contributed by atoms with E-state index in [0.29, 0.717) is 5.69 Å². The predicted molar refractivity (Wildman–Crippen MR) is 83.5 cm³/mol. The summed E-state index contributed by atoms with van der Waals surface area (Å²) in [6.07, 6.45) is 1.82. The van der Waals surface area contributed by atoms with Gasteiger partial charge in [0, 0.05) is 11.6 Å². The van der Waals surface area contributed by atoms with E-state index in [0.717, 1.165) is 29.7 Å². The molecule has 2 aromatic rings. The number of carbonyl (C=O) groups is 2. The Kier molecular flexibility index (Phi) is 3.85. The van der Waals surface area contributed by atoms with Crippen LogP contribution in [-0.2, 0) is 11.3 Å². The topological polar surface area (TPSA) is 97.1 Å². The molecule has 1 fully saturated rings. The zero-order chi connectivity index (χ0) is 16.6. The number of rotatable bonds is 5. The second-order valence-electron chi connectivity index (χ2n) is 5.98. The first-order valence-electron chi connectivity index (χ1n) is 7.49. The van der Waals surface area contributed by atoms with Crippen LogP contribution in [0.4, 0.5) is 5.69 Å². The van der Waals surface area contributed by atoms with Gasteiger partial charge < -0.3 is 10.4 Å². The van der Waals surface area contributed by atoms with Gasteiger partial charge in [0.15, 0.2) is 5.69 Å². The Morgan fingerprint density at radius 2 is 1.91 bits per heavy atom. The molecular weight excluding hydrogens is 296 g/mol. The van der Waals surface area contributed by atoms with Gasteiger partial charge in [-0.1, -0.05) is 11.3 Å². The normalized spacial score (nSPS) is 13.8. The molecule has 23 heavy (non-hydrogen) atoms. The molecule has 3 rings (SSSR count). The number of carbonyl (C=O) groups excluding carboxylic acids is 1. The van der Waals surface area contributed by atoms with Crippen molar-refractivity contribution < 1.29 is 14.7 Å². The summed E-state index contributed by atoms with van der Waals surface area (Å²) in [6, 6.07) is 5.80. The molecule has 0 aliphatic heterocycles. The van der Waals surface area contributed by atoms with Gasteiger partial charge in [0.25, 0.3) is 0 Å². The Morgan fingerprint density at radius 1 is 1.26 bits per heavy atom. The first-order chi connectivity index (χ1) is 10.9. The molecule has 7 nitrogen and oxygen atoms in total. The molecule has 0 unspecified atom stereocenters. The largest absolute Gasteiger partial charge is 0.476 e. The number of aryl methyl sites for hydroxylation is 2. The SMILES string of the molecule is Cc1cc(C)cc(NC(=O)Cn2nnc(C(=O)O)c2C2CC2)c1. The molecule has 1 saturated carbocycles. The molecule has 1 aromatic heterocycles. The highest BCUT2D eigenvalue weighted by Gasteiger charge is 2.34. The summed E-state index contributed by atoms with van der Waals surface area (Å²) in [5.74, 6) is -1.21. The van der Waals surface area contributed by atoms with E-state index in [4.69, 9.17) is 5.11 Å². The van der Waals surface area contributed by atoms with Gasteiger partial charge in [0.2, 0.25) is 5.91 Å². The summed E-state index contributed by atoms with van der Waals surface area (Å²) in [5.41, 5.74) is 3.35. The molecule has 1 amide bonds.